The lowest BCUT2D eigenvalue weighted by molar-refractivity contribution is -0.385. The Labute approximate surface area is 151 Å². The summed E-state index contributed by atoms with van der Waals surface area (Å²) >= 11 is 2.65. The van der Waals surface area contributed by atoms with Crippen molar-refractivity contribution in [2.24, 2.45) is 0 Å². The van der Waals surface area contributed by atoms with Crippen molar-refractivity contribution in [3.8, 4) is 11.3 Å². The third-order valence-corrected chi connectivity index (χ3v) is 4.81. The molecule has 3 aromatic rings. The van der Waals surface area contributed by atoms with Crippen molar-refractivity contribution in [3.63, 3.8) is 0 Å². The van der Waals surface area contributed by atoms with Gasteiger partial charge in [0.15, 0.2) is 5.13 Å². The zero-order chi connectivity index (χ0) is 17.8. The Balaban J connectivity index is 1.86. The molecule has 2 aromatic heterocycles. The molecule has 0 radical (unpaired) electrons. The first-order valence-electron chi connectivity index (χ1n) is 7.08. The number of thioether (sulfide) groups is 1. The molecule has 1 N–H and O–H groups in total. The highest BCUT2D eigenvalue weighted by molar-refractivity contribution is 7.98. The average Bonchev–Trinajstić information content (AvgIpc) is 3.10. The molecule has 1 amide bonds. The number of nitro groups is 1. The molecule has 7 nitrogen and oxygen atoms in total. The van der Waals surface area contributed by atoms with E-state index in [9.17, 15) is 14.9 Å². The molecule has 0 spiro atoms. The number of nitrogens with one attached hydrogen (secondary N) is 1. The topological polar surface area (TPSA) is 98.0 Å². The van der Waals surface area contributed by atoms with Crippen molar-refractivity contribution in [2.75, 3.05) is 11.6 Å². The van der Waals surface area contributed by atoms with Gasteiger partial charge in [-0.15, -0.1) is 23.1 Å². The summed E-state index contributed by atoms with van der Waals surface area (Å²) in [5.74, 6) is -0.560. The molecule has 0 unspecified atom stereocenters. The van der Waals surface area contributed by atoms with E-state index in [-0.39, 0.29) is 11.3 Å². The van der Waals surface area contributed by atoms with Crippen LogP contribution in [-0.4, -0.2) is 27.1 Å². The van der Waals surface area contributed by atoms with Crippen molar-refractivity contribution in [3.05, 3.63) is 63.8 Å². The van der Waals surface area contributed by atoms with Crippen LogP contribution in [0.4, 0.5) is 10.8 Å². The maximum Gasteiger partial charge on any atom is 0.282 e. The highest BCUT2D eigenvalue weighted by Crippen LogP contribution is 2.28. The normalized spacial score (nSPS) is 10.4. The third kappa shape index (κ3) is 3.83. The molecule has 9 heteroatoms. The second-order valence-electron chi connectivity index (χ2n) is 4.87. The van der Waals surface area contributed by atoms with E-state index in [1.165, 1.54) is 35.2 Å². The van der Waals surface area contributed by atoms with Crippen molar-refractivity contribution < 1.29 is 9.72 Å². The summed E-state index contributed by atoms with van der Waals surface area (Å²) in [6.07, 6.45) is 5.17. The van der Waals surface area contributed by atoms with Crippen LogP contribution in [0.3, 0.4) is 0 Å². The summed E-state index contributed by atoms with van der Waals surface area (Å²) in [7, 11) is 0. The molecule has 0 saturated carbocycles. The molecule has 0 aliphatic carbocycles. The van der Waals surface area contributed by atoms with Crippen molar-refractivity contribution in [2.45, 2.75) is 4.90 Å². The number of benzene rings is 1. The van der Waals surface area contributed by atoms with E-state index < -0.39 is 10.8 Å². The van der Waals surface area contributed by atoms with Gasteiger partial charge in [0.1, 0.15) is 5.56 Å². The van der Waals surface area contributed by atoms with E-state index in [1.54, 1.807) is 29.9 Å². The minimum Gasteiger partial charge on any atom is -0.298 e. The van der Waals surface area contributed by atoms with Crippen LogP contribution in [0.2, 0.25) is 0 Å². The SMILES string of the molecule is CSc1ccc([N+](=O)[O-])c(C(=O)Nc2nc(-c3cccnc3)cs2)c1. The van der Waals surface area contributed by atoms with Gasteiger partial charge in [-0.25, -0.2) is 4.98 Å². The van der Waals surface area contributed by atoms with E-state index in [4.69, 9.17) is 0 Å². The third-order valence-electron chi connectivity index (χ3n) is 3.33. The van der Waals surface area contributed by atoms with Crippen LogP contribution in [-0.2, 0) is 0 Å². The van der Waals surface area contributed by atoms with Crippen LogP contribution in [0.15, 0.2) is 53.0 Å². The maximum absolute atomic E-state index is 12.5. The minimum atomic E-state index is -0.568. The fourth-order valence-electron chi connectivity index (χ4n) is 2.13. The summed E-state index contributed by atoms with van der Waals surface area (Å²) < 4.78 is 0. The Kier molecular flexibility index (Phi) is 5.05. The number of hydrogen-bond donors (Lipinski definition) is 1. The lowest BCUT2D eigenvalue weighted by Crippen LogP contribution is -2.14. The highest BCUT2D eigenvalue weighted by Gasteiger charge is 2.21. The first kappa shape index (κ1) is 17.1. The van der Waals surface area contributed by atoms with Crippen molar-refractivity contribution in [1.82, 2.24) is 9.97 Å². The number of amides is 1. The van der Waals surface area contributed by atoms with Crippen molar-refractivity contribution in [1.29, 1.82) is 0 Å². The Morgan fingerprint density at radius 3 is 2.88 bits per heavy atom. The van der Waals surface area contributed by atoms with E-state index in [0.717, 1.165) is 10.5 Å². The number of thiazole rings is 1. The van der Waals surface area contributed by atoms with E-state index >= 15 is 0 Å². The Morgan fingerprint density at radius 1 is 1.36 bits per heavy atom. The van der Waals surface area contributed by atoms with Gasteiger partial charge in [-0.1, -0.05) is 0 Å². The number of carbonyl (C=O) groups is 1. The van der Waals surface area contributed by atoms with Gasteiger partial charge in [-0.3, -0.25) is 25.2 Å². The quantitative estimate of drug-likeness (QED) is 0.411. The van der Waals surface area contributed by atoms with Crippen LogP contribution in [0.1, 0.15) is 10.4 Å². The largest absolute Gasteiger partial charge is 0.298 e. The van der Waals surface area contributed by atoms with Crippen LogP contribution < -0.4 is 5.32 Å². The Hall–Kier alpha value is -2.78. The molecule has 126 valence electrons. The number of carbonyl (C=O) groups excluding carboxylic acids is 1. The van der Waals surface area contributed by atoms with Crippen LogP contribution in [0.5, 0.6) is 0 Å². The molecule has 1 aromatic carbocycles. The number of aromatic nitrogens is 2. The minimum absolute atomic E-state index is 0.00924. The second kappa shape index (κ2) is 7.41. The lowest BCUT2D eigenvalue weighted by atomic mass is 10.1. The number of pyridine rings is 1. The monoisotopic (exact) mass is 372 g/mol. The summed E-state index contributed by atoms with van der Waals surface area (Å²) in [4.78, 5) is 32.2. The maximum atomic E-state index is 12.5. The second-order valence-corrected chi connectivity index (χ2v) is 6.61. The van der Waals surface area contributed by atoms with Gasteiger partial charge in [0.05, 0.1) is 10.6 Å². The smallest absolute Gasteiger partial charge is 0.282 e. The number of rotatable bonds is 5. The molecule has 0 bridgehead atoms. The fraction of sp³-hybridized carbons (Fsp3) is 0.0625. The van der Waals surface area contributed by atoms with E-state index in [1.807, 2.05) is 12.3 Å². The summed E-state index contributed by atoms with van der Waals surface area (Å²) in [5.41, 5.74) is 1.28. The summed E-state index contributed by atoms with van der Waals surface area (Å²) in [6.45, 7) is 0. The van der Waals surface area contributed by atoms with Gasteiger partial charge in [0.2, 0.25) is 0 Å². The molecular formula is C16H12N4O3S2. The molecule has 2 heterocycles. The molecule has 0 saturated heterocycles. The number of nitro benzene ring substituents is 1. The number of hydrogen-bond acceptors (Lipinski definition) is 7. The summed E-state index contributed by atoms with van der Waals surface area (Å²) in [5, 5.41) is 16.0. The van der Waals surface area contributed by atoms with Gasteiger partial charge in [-0.05, 0) is 30.5 Å². The first-order chi connectivity index (χ1) is 12.1. The first-order valence-corrected chi connectivity index (χ1v) is 9.18. The molecule has 0 atom stereocenters. The average molecular weight is 372 g/mol. The van der Waals surface area contributed by atoms with Crippen LogP contribution in [0.25, 0.3) is 11.3 Å². The lowest BCUT2D eigenvalue weighted by Gasteiger charge is -2.05. The van der Waals surface area contributed by atoms with E-state index in [2.05, 4.69) is 15.3 Å². The molecule has 0 aliphatic heterocycles. The van der Waals surface area contributed by atoms with Gasteiger partial charge >= 0.3 is 0 Å². The Morgan fingerprint density at radius 2 is 2.20 bits per heavy atom. The standard InChI is InChI=1S/C16H12N4O3S2/c1-24-11-4-5-14(20(22)23)12(7-11)15(21)19-16-18-13(9-25-16)10-3-2-6-17-8-10/h2-9H,1H3,(H,18,19,21). The molecule has 0 aliphatic rings. The zero-order valence-electron chi connectivity index (χ0n) is 13.0. The predicted molar refractivity (Wildman–Crippen MR) is 98.2 cm³/mol. The number of nitrogens with zero attached hydrogens (tertiary/aromatic N) is 3. The molecule has 25 heavy (non-hydrogen) atoms. The van der Waals surface area contributed by atoms with Crippen LogP contribution >= 0.6 is 23.1 Å². The summed E-state index contributed by atoms with van der Waals surface area (Å²) in [6, 6.07) is 8.12. The molecule has 3 rings (SSSR count). The van der Waals surface area contributed by atoms with Gasteiger partial charge in [-0.2, -0.15) is 0 Å². The van der Waals surface area contributed by atoms with Gasteiger partial charge in [0.25, 0.3) is 11.6 Å². The van der Waals surface area contributed by atoms with Crippen molar-refractivity contribution >= 4 is 39.8 Å². The fourth-order valence-corrected chi connectivity index (χ4v) is 3.28. The molecule has 0 fully saturated rings. The van der Waals surface area contributed by atoms with E-state index in [0.29, 0.717) is 10.8 Å². The highest BCUT2D eigenvalue weighted by atomic mass is 32.2. The van der Waals surface area contributed by atoms with Gasteiger partial charge in [0, 0.05) is 34.3 Å². The predicted octanol–water partition coefficient (Wildman–Crippen LogP) is 4.09. The van der Waals surface area contributed by atoms with Crippen LogP contribution in [0, 0.1) is 10.1 Å². The number of anilines is 1. The zero-order valence-corrected chi connectivity index (χ0v) is 14.6. The molecular weight excluding hydrogens is 360 g/mol. The Bertz CT molecular complexity index is 928. The van der Waals surface area contributed by atoms with Gasteiger partial charge < -0.3 is 0 Å².